The van der Waals surface area contributed by atoms with Crippen molar-refractivity contribution in [3.8, 4) is 5.75 Å². The van der Waals surface area contributed by atoms with E-state index in [1.54, 1.807) is 42.2 Å². The van der Waals surface area contributed by atoms with Crippen molar-refractivity contribution in [1.29, 1.82) is 0 Å². The molecule has 2 aromatic carbocycles. The summed E-state index contributed by atoms with van der Waals surface area (Å²) in [5, 5.41) is 2.82. The molecular weight excluding hydrogens is 402 g/mol. The summed E-state index contributed by atoms with van der Waals surface area (Å²) in [5.41, 5.74) is 1.22. The fraction of sp³-hybridized carbons (Fsp3) is 0.409. The average Bonchev–Trinajstić information content (AvgIpc) is 2.74. The molecule has 1 N–H and O–H groups in total. The first-order chi connectivity index (χ1) is 14.3. The molecule has 0 aromatic heterocycles. The van der Waals surface area contributed by atoms with E-state index in [-0.39, 0.29) is 24.0 Å². The van der Waals surface area contributed by atoms with Crippen molar-refractivity contribution in [2.24, 2.45) is 0 Å². The van der Waals surface area contributed by atoms with Gasteiger partial charge in [0, 0.05) is 26.2 Å². The smallest absolute Gasteiger partial charge is 0.320 e. The molecule has 0 aliphatic carbocycles. The zero-order valence-electron chi connectivity index (χ0n) is 17.6. The molecule has 30 heavy (non-hydrogen) atoms. The molecule has 1 aliphatic rings. The molecule has 0 bridgehead atoms. The molecule has 7 nitrogen and oxygen atoms in total. The van der Waals surface area contributed by atoms with E-state index in [9.17, 15) is 13.2 Å². The minimum atomic E-state index is -3.53. The topological polar surface area (TPSA) is 79.0 Å². The predicted octanol–water partition coefficient (Wildman–Crippen LogP) is 3.25. The fourth-order valence-corrected chi connectivity index (χ4v) is 4.75. The van der Waals surface area contributed by atoms with Crippen LogP contribution in [0.2, 0.25) is 0 Å². The molecule has 3 rings (SSSR count). The van der Waals surface area contributed by atoms with Crippen molar-refractivity contribution < 1.29 is 17.9 Å². The predicted molar refractivity (Wildman–Crippen MR) is 116 cm³/mol. The van der Waals surface area contributed by atoms with Gasteiger partial charge in [0.2, 0.25) is 10.0 Å². The quantitative estimate of drug-likeness (QED) is 0.712. The highest BCUT2D eigenvalue weighted by Crippen LogP contribution is 2.20. The maximum atomic E-state index is 12.7. The Morgan fingerprint density at radius 3 is 2.10 bits per heavy atom. The second-order valence-electron chi connectivity index (χ2n) is 7.64. The Morgan fingerprint density at radius 1 is 0.933 bits per heavy atom. The van der Waals surface area contributed by atoms with Crippen LogP contribution in [0.3, 0.4) is 0 Å². The van der Waals surface area contributed by atoms with Crippen LogP contribution >= 0.6 is 0 Å². The van der Waals surface area contributed by atoms with Crippen molar-refractivity contribution in [2.75, 3.05) is 26.2 Å². The van der Waals surface area contributed by atoms with E-state index in [1.807, 2.05) is 24.3 Å². The third-order valence-corrected chi connectivity index (χ3v) is 7.01. The number of hydrogen-bond donors (Lipinski definition) is 1. The highest BCUT2D eigenvalue weighted by Gasteiger charge is 2.30. The number of amides is 2. The number of nitrogens with zero attached hydrogens (tertiary/aromatic N) is 2. The minimum absolute atomic E-state index is 0.260. The standard InChI is InChI=1S/C22H29N3O4S/c1-17(2)19-9-11-20(12-10-19)29-18(3)23-22(26)24-13-15-25(16-14-24)30(27,28)21-7-5-4-6-8-21/h4-12,17-18H,13-16H2,1-3H3,(H,23,26). The van der Waals surface area contributed by atoms with Gasteiger partial charge in [-0.3, -0.25) is 0 Å². The molecule has 162 valence electrons. The molecule has 0 spiro atoms. The van der Waals surface area contributed by atoms with Gasteiger partial charge >= 0.3 is 6.03 Å². The van der Waals surface area contributed by atoms with Gasteiger partial charge in [-0.15, -0.1) is 0 Å². The summed E-state index contributed by atoms with van der Waals surface area (Å²) >= 11 is 0. The van der Waals surface area contributed by atoms with Crippen LogP contribution in [0, 0.1) is 0 Å². The normalized spacial score (nSPS) is 16.3. The van der Waals surface area contributed by atoms with E-state index in [0.29, 0.717) is 24.8 Å². The number of ether oxygens (including phenoxy) is 1. The molecular formula is C22H29N3O4S. The molecule has 2 amide bonds. The summed E-state index contributed by atoms with van der Waals surface area (Å²) in [4.78, 5) is 14.4. The van der Waals surface area contributed by atoms with Gasteiger partial charge in [-0.1, -0.05) is 44.2 Å². The second kappa shape index (κ2) is 9.49. The first-order valence-corrected chi connectivity index (χ1v) is 11.6. The molecule has 1 fully saturated rings. The van der Waals surface area contributed by atoms with Crippen molar-refractivity contribution in [3.63, 3.8) is 0 Å². The number of sulfonamides is 1. The largest absolute Gasteiger partial charge is 0.471 e. The molecule has 0 radical (unpaired) electrons. The third kappa shape index (κ3) is 5.31. The second-order valence-corrected chi connectivity index (χ2v) is 9.58. The van der Waals surface area contributed by atoms with Crippen LogP contribution in [0.15, 0.2) is 59.5 Å². The maximum Gasteiger partial charge on any atom is 0.320 e. The van der Waals surface area contributed by atoms with Crippen LogP contribution in [-0.4, -0.2) is 56.1 Å². The number of rotatable bonds is 6. The van der Waals surface area contributed by atoms with Crippen molar-refractivity contribution in [1.82, 2.24) is 14.5 Å². The lowest BCUT2D eigenvalue weighted by atomic mass is 10.0. The monoisotopic (exact) mass is 431 g/mol. The van der Waals surface area contributed by atoms with Gasteiger partial charge in [0.05, 0.1) is 4.90 Å². The van der Waals surface area contributed by atoms with E-state index >= 15 is 0 Å². The Bertz CT molecular complexity index is 938. The van der Waals surface area contributed by atoms with E-state index in [0.717, 1.165) is 0 Å². The van der Waals surface area contributed by atoms with Crippen molar-refractivity contribution >= 4 is 16.1 Å². The molecule has 0 saturated carbocycles. The summed E-state index contributed by atoms with van der Waals surface area (Å²) < 4.78 is 32.6. The van der Waals surface area contributed by atoms with Gasteiger partial charge in [-0.2, -0.15) is 4.31 Å². The van der Waals surface area contributed by atoms with Crippen molar-refractivity contribution in [2.45, 2.75) is 37.8 Å². The fourth-order valence-electron chi connectivity index (χ4n) is 3.30. The number of benzene rings is 2. The molecule has 8 heteroatoms. The van der Waals surface area contributed by atoms with Crippen LogP contribution in [0.4, 0.5) is 4.79 Å². The average molecular weight is 432 g/mol. The first kappa shape index (κ1) is 22.1. The summed E-state index contributed by atoms with van der Waals surface area (Å²) in [5.74, 6) is 1.13. The first-order valence-electron chi connectivity index (χ1n) is 10.1. The third-order valence-electron chi connectivity index (χ3n) is 5.09. The lowest BCUT2D eigenvalue weighted by molar-refractivity contribution is 0.140. The number of hydrogen-bond acceptors (Lipinski definition) is 4. The summed E-state index contributed by atoms with van der Waals surface area (Å²) in [6.45, 7) is 7.20. The Balaban J connectivity index is 1.50. The highest BCUT2D eigenvalue weighted by molar-refractivity contribution is 7.89. The van der Waals surface area contributed by atoms with Crippen molar-refractivity contribution in [3.05, 3.63) is 60.2 Å². The molecule has 1 atom stereocenters. The summed E-state index contributed by atoms with van der Waals surface area (Å²) in [6, 6.07) is 15.9. The van der Waals surface area contributed by atoms with E-state index in [1.165, 1.54) is 9.87 Å². The molecule has 1 unspecified atom stereocenters. The minimum Gasteiger partial charge on any atom is -0.471 e. The lowest BCUT2D eigenvalue weighted by Gasteiger charge is -2.34. The van der Waals surface area contributed by atoms with Crippen LogP contribution in [0.5, 0.6) is 5.75 Å². The Morgan fingerprint density at radius 2 is 1.53 bits per heavy atom. The number of piperazine rings is 1. The van der Waals surface area contributed by atoms with Gasteiger partial charge in [0.15, 0.2) is 6.23 Å². The van der Waals surface area contributed by atoms with E-state index in [4.69, 9.17) is 4.74 Å². The van der Waals surface area contributed by atoms with Gasteiger partial charge in [0.25, 0.3) is 0 Å². The van der Waals surface area contributed by atoms with Crippen LogP contribution < -0.4 is 10.1 Å². The highest BCUT2D eigenvalue weighted by atomic mass is 32.2. The van der Waals surface area contributed by atoms with E-state index < -0.39 is 16.3 Å². The van der Waals surface area contributed by atoms with Gasteiger partial charge < -0.3 is 15.0 Å². The zero-order chi connectivity index (χ0) is 21.7. The number of carbonyl (C=O) groups excluding carboxylic acids is 1. The van der Waals surface area contributed by atoms with Crippen LogP contribution in [0.25, 0.3) is 0 Å². The molecule has 2 aromatic rings. The lowest BCUT2D eigenvalue weighted by Crippen LogP contribution is -2.54. The number of urea groups is 1. The Labute approximate surface area is 178 Å². The summed E-state index contributed by atoms with van der Waals surface area (Å²) in [6.07, 6.45) is -0.506. The number of nitrogens with one attached hydrogen (secondary N) is 1. The van der Waals surface area contributed by atoms with Gasteiger partial charge in [0.1, 0.15) is 5.75 Å². The zero-order valence-corrected chi connectivity index (χ0v) is 18.4. The Kier molecular flexibility index (Phi) is 6.99. The van der Waals surface area contributed by atoms with Gasteiger partial charge in [-0.25, -0.2) is 13.2 Å². The molecule has 1 saturated heterocycles. The molecule has 1 aliphatic heterocycles. The van der Waals surface area contributed by atoms with E-state index in [2.05, 4.69) is 19.2 Å². The number of carbonyl (C=O) groups is 1. The SMILES string of the molecule is CC(NC(=O)N1CCN(S(=O)(=O)c2ccccc2)CC1)Oc1ccc(C(C)C)cc1. The van der Waals surface area contributed by atoms with Crippen LogP contribution in [-0.2, 0) is 10.0 Å². The Hall–Kier alpha value is -2.58. The molecule has 1 heterocycles. The van der Waals surface area contributed by atoms with Crippen LogP contribution in [0.1, 0.15) is 32.3 Å². The maximum absolute atomic E-state index is 12.7. The van der Waals surface area contributed by atoms with Gasteiger partial charge in [-0.05, 0) is 42.7 Å². The summed E-state index contributed by atoms with van der Waals surface area (Å²) in [7, 11) is -3.53.